The highest BCUT2D eigenvalue weighted by atomic mass is 16.5. The number of hydrogen-bond donors (Lipinski definition) is 1. The number of carbonyl (C=O) groups excluding carboxylic acids is 1. The Bertz CT molecular complexity index is 1010. The van der Waals surface area contributed by atoms with Crippen molar-refractivity contribution in [3.8, 4) is 16.9 Å². The number of piperidine rings is 1. The number of carboxylic acid groups (broad SMARTS) is 1. The van der Waals surface area contributed by atoms with E-state index in [1.54, 1.807) is 12.0 Å². The van der Waals surface area contributed by atoms with Crippen molar-refractivity contribution in [2.24, 2.45) is 5.92 Å². The van der Waals surface area contributed by atoms with Gasteiger partial charge in [-0.05, 0) is 42.2 Å². The zero-order chi connectivity index (χ0) is 21.3. The van der Waals surface area contributed by atoms with Crippen LogP contribution in [0.5, 0.6) is 5.75 Å². The molecule has 1 N–H and O–H groups in total. The van der Waals surface area contributed by atoms with Crippen LogP contribution in [0.2, 0.25) is 0 Å². The maximum Gasteiger partial charge on any atom is 0.329 e. The van der Waals surface area contributed by atoms with E-state index in [1.165, 1.54) is 0 Å². The van der Waals surface area contributed by atoms with Gasteiger partial charge in [-0.1, -0.05) is 12.1 Å². The predicted octanol–water partition coefficient (Wildman–Crippen LogP) is 1.57. The van der Waals surface area contributed by atoms with Crippen molar-refractivity contribution < 1.29 is 24.2 Å². The Balaban J connectivity index is 1.54. The lowest BCUT2D eigenvalue weighted by Crippen LogP contribution is -2.50. The number of ether oxygens (including phenoxy) is 2. The molecule has 30 heavy (non-hydrogen) atoms. The zero-order valence-corrected chi connectivity index (χ0v) is 16.7. The topological polar surface area (TPSA) is 98.1 Å². The molecule has 0 aliphatic carbocycles. The lowest BCUT2D eigenvalue weighted by Gasteiger charge is -2.42. The van der Waals surface area contributed by atoms with E-state index < -0.39 is 12.6 Å². The number of likely N-dealkylation sites (tertiary alicyclic amines) is 1. The van der Waals surface area contributed by atoms with Gasteiger partial charge in [-0.25, -0.2) is 4.79 Å². The number of aromatic nitrogens is 1. The molecular formula is C22H24N2O6. The van der Waals surface area contributed by atoms with Crippen molar-refractivity contribution in [2.45, 2.75) is 18.9 Å². The number of hydrogen-bond acceptors (Lipinski definition) is 5. The smallest absolute Gasteiger partial charge is 0.329 e. The molecule has 1 amide bonds. The number of aliphatic carboxylic acids is 1. The maximum absolute atomic E-state index is 13.2. The molecule has 2 aromatic rings. The average molecular weight is 412 g/mol. The number of carboxylic acids is 1. The molecule has 8 nitrogen and oxygen atoms in total. The molecule has 0 saturated carbocycles. The summed E-state index contributed by atoms with van der Waals surface area (Å²) >= 11 is 0. The molecule has 2 aliphatic heterocycles. The molecule has 0 spiro atoms. The minimum Gasteiger partial charge on any atom is -0.497 e. The van der Waals surface area contributed by atoms with Crippen LogP contribution >= 0.6 is 0 Å². The second-order valence-corrected chi connectivity index (χ2v) is 7.80. The summed E-state index contributed by atoms with van der Waals surface area (Å²) in [5.41, 5.74) is 2.42. The third kappa shape index (κ3) is 3.95. The Morgan fingerprint density at radius 2 is 1.83 bits per heavy atom. The Hall–Kier alpha value is -3.13. The number of amides is 1. The summed E-state index contributed by atoms with van der Waals surface area (Å²) in [4.78, 5) is 37.9. The van der Waals surface area contributed by atoms with E-state index in [0.717, 1.165) is 23.4 Å². The SMILES string of the molecule is COc1ccc(-c2ccc3n(c2=O)C[C@H]2C[C@@H]3CN(C(=O)COCC(=O)O)C2)cc1. The molecule has 0 radical (unpaired) electrons. The van der Waals surface area contributed by atoms with Crippen LogP contribution in [0.4, 0.5) is 0 Å². The summed E-state index contributed by atoms with van der Waals surface area (Å²) in [6.45, 7) is 0.889. The summed E-state index contributed by atoms with van der Waals surface area (Å²) < 4.78 is 12.0. The third-order valence-corrected chi connectivity index (χ3v) is 5.81. The van der Waals surface area contributed by atoms with Gasteiger partial charge in [0.1, 0.15) is 19.0 Å². The van der Waals surface area contributed by atoms with Gasteiger partial charge in [0.15, 0.2) is 0 Å². The van der Waals surface area contributed by atoms with Crippen LogP contribution in [0.25, 0.3) is 11.1 Å². The monoisotopic (exact) mass is 412 g/mol. The van der Waals surface area contributed by atoms with E-state index in [1.807, 2.05) is 41.0 Å². The van der Waals surface area contributed by atoms with Gasteiger partial charge in [0.2, 0.25) is 5.91 Å². The van der Waals surface area contributed by atoms with Crippen molar-refractivity contribution >= 4 is 11.9 Å². The van der Waals surface area contributed by atoms with Crippen LogP contribution < -0.4 is 10.3 Å². The van der Waals surface area contributed by atoms with E-state index in [9.17, 15) is 14.4 Å². The Morgan fingerprint density at radius 1 is 1.07 bits per heavy atom. The van der Waals surface area contributed by atoms with Crippen LogP contribution in [0.3, 0.4) is 0 Å². The van der Waals surface area contributed by atoms with E-state index in [-0.39, 0.29) is 29.9 Å². The van der Waals surface area contributed by atoms with Crippen LogP contribution in [0.1, 0.15) is 18.0 Å². The Labute approximate surface area is 173 Å². The number of benzene rings is 1. The molecule has 4 rings (SSSR count). The minimum atomic E-state index is -1.10. The normalized spacial score (nSPS) is 19.8. The first-order valence-electron chi connectivity index (χ1n) is 9.91. The van der Waals surface area contributed by atoms with E-state index >= 15 is 0 Å². The van der Waals surface area contributed by atoms with Crippen molar-refractivity contribution in [3.05, 3.63) is 52.4 Å². The fraction of sp³-hybridized carbons (Fsp3) is 0.409. The average Bonchev–Trinajstić information content (AvgIpc) is 2.74. The third-order valence-electron chi connectivity index (χ3n) is 5.81. The second-order valence-electron chi connectivity index (χ2n) is 7.80. The highest BCUT2D eigenvalue weighted by molar-refractivity contribution is 5.78. The number of nitrogens with zero attached hydrogens (tertiary/aromatic N) is 2. The van der Waals surface area contributed by atoms with Gasteiger partial charge in [0.25, 0.3) is 5.56 Å². The molecular weight excluding hydrogens is 388 g/mol. The van der Waals surface area contributed by atoms with Crippen molar-refractivity contribution in [1.29, 1.82) is 0 Å². The standard InChI is InChI=1S/C22H24N2O6/c1-29-17-4-2-15(3-5-17)18-6-7-19-16-8-14(10-24(19)22(18)28)9-23(11-16)20(25)12-30-13-21(26)27/h2-7,14,16H,8-13H2,1H3,(H,26,27)/t14-,16+/m0/s1. The number of rotatable bonds is 6. The number of pyridine rings is 1. The van der Waals surface area contributed by atoms with Gasteiger partial charge < -0.3 is 24.0 Å². The molecule has 2 atom stereocenters. The maximum atomic E-state index is 13.2. The molecule has 158 valence electrons. The molecule has 1 aromatic carbocycles. The lowest BCUT2D eigenvalue weighted by atomic mass is 9.82. The molecule has 3 heterocycles. The minimum absolute atomic E-state index is 0.0167. The van der Waals surface area contributed by atoms with Crippen LogP contribution in [-0.4, -0.2) is 59.9 Å². The first-order chi connectivity index (χ1) is 14.5. The molecule has 0 unspecified atom stereocenters. The van der Waals surface area contributed by atoms with E-state index in [2.05, 4.69) is 0 Å². The van der Waals surface area contributed by atoms with Crippen LogP contribution in [0.15, 0.2) is 41.2 Å². The van der Waals surface area contributed by atoms with Gasteiger partial charge in [0.05, 0.1) is 7.11 Å². The lowest BCUT2D eigenvalue weighted by molar-refractivity contribution is -0.146. The molecule has 2 bridgehead atoms. The number of carbonyl (C=O) groups is 2. The first kappa shape index (κ1) is 20.2. The quantitative estimate of drug-likeness (QED) is 0.774. The summed E-state index contributed by atoms with van der Waals surface area (Å²) in [7, 11) is 1.61. The molecule has 1 saturated heterocycles. The largest absolute Gasteiger partial charge is 0.497 e. The van der Waals surface area contributed by atoms with Crippen molar-refractivity contribution in [1.82, 2.24) is 9.47 Å². The first-order valence-corrected chi connectivity index (χ1v) is 9.91. The zero-order valence-electron chi connectivity index (χ0n) is 16.7. The highest BCUT2D eigenvalue weighted by Gasteiger charge is 2.36. The second kappa shape index (κ2) is 8.31. The fourth-order valence-electron chi connectivity index (χ4n) is 4.46. The van der Waals surface area contributed by atoms with Gasteiger partial charge in [-0.3, -0.25) is 9.59 Å². The number of methoxy groups -OCH3 is 1. The Morgan fingerprint density at radius 3 is 2.53 bits per heavy atom. The van der Waals surface area contributed by atoms with Crippen LogP contribution in [0, 0.1) is 5.92 Å². The van der Waals surface area contributed by atoms with Crippen molar-refractivity contribution in [2.75, 3.05) is 33.4 Å². The van der Waals surface area contributed by atoms with Crippen molar-refractivity contribution in [3.63, 3.8) is 0 Å². The molecule has 1 fully saturated rings. The van der Waals surface area contributed by atoms with Gasteiger partial charge in [-0.15, -0.1) is 0 Å². The highest BCUT2D eigenvalue weighted by Crippen LogP contribution is 2.36. The summed E-state index contributed by atoms with van der Waals surface area (Å²) in [6.07, 6.45) is 0.932. The summed E-state index contributed by atoms with van der Waals surface area (Å²) in [6, 6.07) is 11.3. The van der Waals surface area contributed by atoms with Gasteiger partial charge >= 0.3 is 5.97 Å². The molecule has 1 aromatic heterocycles. The fourth-order valence-corrected chi connectivity index (χ4v) is 4.46. The predicted molar refractivity (Wildman–Crippen MR) is 109 cm³/mol. The molecule has 8 heteroatoms. The van der Waals surface area contributed by atoms with E-state index in [0.29, 0.717) is 25.2 Å². The summed E-state index contributed by atoms with van der Waals surface area (Å²) in [5.74, 6) is -0.304. The van der Waals surface area contributed by atoms with Gasteiger partial charge in [-0.2, -0.15) is 0 Å². The Kier molecular flexibility index (Phi) is 5.59. The summed E-state index contributed by atoms with van der Waals surface area (Å²) in [5, 5.41) is 8.65. The van der Waals surface area contributed by atoms with E-state index in [4.69, 9.17) is 14.6 Å². The number of fused-ring (bicyclic) bond motifs is 4. The molecule has 2 aliphatic rings. The van der Waals surface area contributed by atoms with Gasteiger partial charge in [0, 0.05) is 36.8 Å². The van der Waals surface area contributed by atoms with Crippen LogP contribution in [-0.2, 0) is 20.9 Å².